The molecule has 3 aromatic heterocycles. The number of nitrogens with zero attached hydrogens (tertiary/aromatic N) is 4. The number of nitrogens with two attached hydrogens (primary N) is 1. The summed E-state index contributed by atoms with van der Waals surface area (Å²) in [7, 11) is -3.84. The highest BCUT2D eigenvalue weighted by Gasteiger charge is 2.25. The van der Waals surface area contributed by atoms with Crippen molar-refractivity contribution in [1.82, 2.24) is 24.2 Å². The molecule has 0 aliphatic carbocycles. The number of hydrazine groups is 1. The third kappa shape index (κ3) is 2.14. The van der Waals surface area contributed by atoms with Crippen LogP contribution in [0.3, 0.4) is 0 Å². The first-order valence-corrected chi connectivity index (χ1v) is 7.65. The summed E-state index contributed by atoms with van der Waals surface area (Å²) in [6.07, 6.45) is 2.71. The van der Waals surface area contributed by atoms with Gasteiger partial charge in [-0.15, -0.1) is 11.3 Å². The predicted octanol–water partition coefficient (Wildman–Crippen LogP) is -0.457. The Hall–Kier alpha value is -2.02. The summed E-state index contributed by atoms with van der Waals surface area (Å²) in [5.74, 6) is 5.60. The number of hydrogen-bond acceptors (Lipinski definition) is 9. The first kappa shape index (κ1) is 13.0. The minimum absolute atomic E-state index is 0.0671. The number of anilines is 1. The molecule has 0 radical (unpaired) electrons. The number of aromatic nitrogens is 4. The van der Waals surface area contributed by atoms with Gasteiger partial charge in [0.25, 0.3) is 10.0 Å². The van der Waals surface area contributed by atoms with Crippen LogP contribution in [0.15, 0.2) is 27.5 Å². The molecule has 0 aliphatic heterocycles. The molecule has 20 heavy (non-hydrogen) atoms. The van der Waals surface area contributed by atoms with Gasteiger partial charge in [-0.3, -0.25) is 4.40 Å². The fourth-order valence-electron chi connectivity index (χ4n) is 1.61. The highest BCUT2D eigenvalue weighted by molar-refractivity contribution is 7.89. The summed E-state index contributed by atoms with van der Waals surface area (Å²) in [6, 6.07) is 0. The molecular weight excluding hydrogens is 306 g/mol. The highest BCUT2D eigenvalue weighted by Crippen LogP contribution is 2.24. The van der Waals surface area contributed by atoms with E-state index in [1.807, 2.05) is 0 Å². The third-order valence-corrected chi connectivity index (χ3v) is 4.62. The standard InChI is InChI=1S/C8H9N7O3S2/c9-13-6-7(15-1-2-19-8(15)12-6)20(16,17)11-3-5-10-4-18-14-5/h1-2,4,11,13H,3,9H2. The second-order valence-corrected chi connectivity index (χ2v) is 6.19. The van der Waals surface area contributed by atoms with Crippen LogP contribution in [0.25, 0.3) is 4.96 Å². The molecule has 0 unspecified atom stereocenters. The van der Waals surface area contributed by atoms with Crippen LogP contribution in [-0.2, 0) is 16.6 Å². The molecule has 3 heterocycles. The van der Waals surface area contributed by atoms with Gasteiger partial charge in [0.1, 0.15) is 0 Å². The number of sulfonamides is 1. The van der Waals surface area contributed by atoms with Crippen LogP contribution in [-0.4, -0.2) is 27.9 Å². The van der Waals surface area contributed by atoms with E-state index in [1.54, 1.807) is 11.6 Å². The van der Waals surface area contributed by atoms with Crippen LogP contribution in [0.2, 0.25) is 0 Å². The maximum absolute atomic E-state index is 12.3. The third-order valence-electron chi connectivity index (χ3n) is 2.44. The van der Waals surface area contributed by atoms with Crippen molar-refractivity contribution in [3.63, 3.8) is 0 Å². The van der Waals surface area contributed by atoms with Gasteiger partial charge in [-0.1, -0.05) is 5.16 Å². The minimum Gasteiger partial charge on any atom is -0.343 e. The Balaban J connectivity index is 1.97. The molecule has 0 fully saturated rings. The number of hydrogen-bond donors (Lipinski definition) is 3. The topological polar surface area (TPSA) is 140 Å². The van der Waals surface area contributed by atoms with E-state index in [9.17, 15) is 8.42 Å². The zero-order valence-corrected chi connectivity index (χ0v) is 11.5. The van der Waals surface area contributed by atoms with Gasteiger partial charge in [0.05, 0.1) is 6.54 Å². The lowest BCUT2D eigenvalue weighted by Gasteiger charge is -2.05. The summed E-state index contributed by atoms with van der Waals surface area (Å²) in [6.45, 7) is -0.0970. The molecule has 3 rings (SSSR count). The number of nitrogens with one attached hydrogen (secondary N) is 2. The lowest BCUT2D eigenvalue weighted by molar-refractivity contribution is 0.409. The molecule has 0 bridgehead atoms. The van der Waals surface area contributed by atoms with Gasteiger partial charge in [0.2, 0.25) is 11.4 Å². The molecule has 0 saturated heterocycles. The Kier molecular flexibility index (Phi) is 3.13. The van der Waals surface area contributed by atoms with Gasteiger partial charge in [0.15, 0.2) is 16.6 Å². The van der Waals surface area contributed by atoms with Gasteiger partial charge >= 0.3 is 0 Å². The Morgan fingerprint density at radius 1 is 1.50 bits per heavy atom. The number of rotatable bonds is 5. The van der Waals surface area contributed by atoms with Gasteiger partial charge in [0, 0.05) is 11.6 Å². The van der Waals surface area contributed by atoms with Crippen molar-refractivity contribution in [2.24, 2.45) is 5.84 Å². The summed E-state index contributed by atoms with van der Waals surface area (Å²) >= 11 is 1.29. The largest absolute Gasteiger partial charge is 0.343 e. The second-order valence-electron chi connectivity index (χ2n) is 3.64. The van der Waals surface area contributed by atoms with Crippen molar-refractivity contribution in [3.8, 4) is 0 Å². The molecule has 0 aliphatic rings. The Bertz CT molecular complexity index is 820. The first-order chi connectivity index (χ1) is 9.62. The Morgan fingerprint density at radius 2 is 2.35 bits per heavy atom. The van der Waals surface area contributed by atoms with Crippen molar-refractivity contribution in [2.75, 3.05) is 5.43 Å². The van der Waals surface area contributed by atoms with E-state index < -0.39 is 10.0 Å². The van der Waals surface area contributed by atoms with Crippen LogP contribution >= 0.6 is 11.3 Å². The predicted molar refractivity (Wildman–Crippen MR) is 69.2 cm³/mol. The summed E-state index contributed by atoms with van der Waals surface area (Å²) in [4.78, 5) is 8.32. The molecule has 0 aromatic carbocycles. The van der Waals surface area contributed by atoms with Crippen LogP contribution < -0.4 is 16.0 Å². The second kappa shape index (κ2) is 4.82. The van der Waals surface area contributed by atoms with Crippen molar-refractivity contribution in [2.45, 2.75) is 11.6 Å². The molecule has 3 aromatic rings. The Morgan fingerprint density at radius 3 is 3.05 bits per heavy atom. The van der Waals surface area contributed by atoms with E-state index in [2.05, 4.69) is 29.8 Å². The van der Waals surface area contributed by atoms with E-state index in [0.717, 1.165) is 6.39 Å². The van der Waals surface area contributed by atoms with Crippen molar-refractivity contribution in [1.29, 1.82) is 0 Å². The van der Waals surface area contributed by atoms with Gasteiger partial charge in [-0.05, 0) is 0 Å². The lowest BCUT2D eigenvalue weighted by atomic mass is 10.6. The van der Waals surface area contributed by atoms with Crippen LogP contribution in [0.1, 0.15) is 5.82 Å². The monoisotopic (exact) mass is 315 g/mol. The quantitative estimate of drug-likeness (QED) is 0.424. The average Bonchev–Trinajstić information content (AvgIpc) is 3.11. The normalized spacial score (nSPS) is 12.1. The summed E-state index contributed by atoms with van der Waals surface area (Å²) in [5, 5.41) is 5.18. The number of thiazole rings is 1. The molecule has 0 spiro atoms. The maximum atomic E-state index is 12.3. The minimum atomic E-state index is -3.84. The fourth-order valence-corrected chi connectivity index (χ4v) is 3.61. The molecule has 12 heteroatoms. The van der Waals surface area contributed by atoms with E-state index in [1.165, 1.54) is 15.7 Å². The molecule has 10 nitrogen and oxygen atoms in total. The summed E-state index contributed by atoms with van der Waals surface area (Å²) < 4.78 is 33.0. The summed E-state index contributed by atoms with van der Waals surface area (Å²) in [5.41, 5.74) is 2.28. The van der Waals surface area contributed by atoms with Crippen molar-refractivity contribution >= 4 is 32.1 Å². The van der Waals surface area contributed by atoms with E-state index in [0.29, 0.717) is 4.96 Å². The Labute approximate surface area is 116 Å². The van der Waals surface area contributed by atoms with E-state index in [-0.39, 0.29) is 23.2 Å². The van der Waals surface area contributed by atoms with Crippen LogP contribution in [0, 0.1) is 0 Å². The number of fused-ring (bicyclic) bond motifs is 1. The van der Waals surface area contributed by atoms with Crippen LogP contribution in [0.4, 0.5) is 5.82 Å². The molecule has 106 valence electrons. The maximum Gasteiger partial charge on any atom is 0.260 e. The van der Waals surface area contributed by atoms with E-state index >= 15 is 0 Å². The molecule has 0 amide bonds. The smallest absolute Gasteiger partial charge is 0.260 e. The van der Waals surface area contributed by atoms with E-state index in [4.69, 9.17) is 5.84 Å². The molecule has 4 N–H and O–H groups in total. The lowest BCUT2D eigenvalue weighted by Crippen LogP contribution is -2.26. The number of imidazole rings is 1. The fraction of sp³-hybridized carbons (Fsp3) is 0.125. The highest BCUT2D eigenvalue weighted by atomic mass is 32.2. The average molecular weight is 315 g/mol. The zero-order chi connectivity index (χ0) is 14.2. The van der Waals surface area contributed by atoms with Crippen LogP contribution in [0.5, 0.6) is 0 Å². The van der Waals surface area contributed by atoms with Crippen molar-refractivity contribution < 1.29 is 12.9 Å². The zero-order valence-electron chi connectivity index (χ0n) is 9.85. The number of nitrogen functional groups attached to an aromatic ring is 1. The molecule has 0 saturated carbocycles. The van der Waals surface area contributed by atoms with Gasteiger partial charge in [-0.2, -0.15) is 9.97 Å². The van der Waals surface area contributed by atoms with Crippen molar-refractivity contribution in [3.05, 3.63) is 23.8 Å². The first-order valence-electron chi connectivity index (χ1n) is 5.29. The van der Waals surface area contributed by atoms with Gasteiger partial charge < -0.3 is 9.95 Å². The molecule has 0 atom stereocenters. The van der Waals surface area contributed by atoms with Gasteiger partial charge in [-0.25, -0.2) is 19.0 Å². The molecular formula is C8H9N7O3S2. The SMILES string of the molecule is NNc1nc2sccn2c1S(=O)(=O)NCc1ncon1.